The number of hydrogen-bond acceptors (Lipinski definition) is 5. The second-order valence-corrected chi connectivity index (χ2v) is 4.22. The Bertz CT molecular complexity index is 494. The zero-order valence-electron chi connectivity index (χ0n) is 9.30. The first-order valence-corrected chi connectivity index (χ1v) is 5.96. The minimum atomic E-state index is 0.416. The number of ether oxygens (including phenoxy) is 1. The van der Waals surface area contributed by atoms with Crippen molar-refractivity contribution in [3.05, 3.63) is 23.1 Å². The highest BCUT2D eigenvalue weighted by Gasteiger charge is 2.06. The van der Waals surface area contributed by atoms with Crippen LogP contribution in [-0.2, 0) is 0 Å². The first-order valence-electron chi connectivity index (χ1n) is 5.16. The summed E-state index contributed by atoms with van der Waals surface area (Å²) in [6.45, 7) is 2.66. The third-order valence-electron chi connectivity index (χ3n) is 2.01. The molecule has 0 saturated heterocycles. The van der Waals surface area contributed by atoms with Gasteiger partial charge in [0.2, 0.25) is 5.88 Å². The molecule has 0 aliphatic heterocycles. The summed E-state index contributed by atoms with van der Waals surface area (Å²) in [6.07, 6.45) is 4.10. The number of nitrogen functional groups attached to an aromatic ring is 1. The lowest BCUT2D eigenvalue weighted by Crippen LogP contribution is -2.03. The molecule has 0 spiro atoms. The SMILES string of the molecule is CCCOc1cc(-n2cc(Br)c(N)n2)ncn1. The lowest BCUT2D eigenvalue weighted by Gasteiger charge is -2.04. The van der Waals surface area contributed by atoms with Crippen LogP contribution < -0.4 is 10.5 Å². The largest absolute Gasteiger partial charge is 0.478 e. The fourth-order valence-electron chi connectivity index (χ4n) is 1.22. The van der Waals surface area contributed by atoms with Crippen molar-refractivity contribution in [2.75, 3.05) is 12.3 Å². The highest BCUT2D eigenvalue weighted by Crippen LogP contribution is 2.19. The van der Waals surface area contributed by atoms with Crippen LogP contribution in [0.5, 0.6) is 5.88 Å². The molecule has 0 radical (unpaired) electrons. The van der Waals surface area contributed by atoms with Gasteiger partial charge in [-0.25, -0.2) is 14.6 Å². The van der Waals surface area contributed by atoms with Gasteiger partial charge in [0.25, 0.3) is 0 Å². The molecule has 0 fully saturated rings. The summed E-state index contributed by atoms with van der Waals surface area (Å²) in [5.74, 6) is 1.56. The monoisotopic (exact) mass is 297 g/mol. The Morgan fingerprint density at radius 2 is 2.29 bits per heavy atom. The molecule has 0 aliphatic rings. The molecule has 6 nitrogen and oxygen atoms in total. The van der Waals surface area contributed by atoms with Crippen molar-refractivity contribution in [1.29, 1.82) is 0 Å². The van der Waals surface area contributed by atoms with E-state index in [0.29, 0.717) is 24.1 Å². The molecule has 0 bridgehead atoms. The molecular weight excluding hydrogens is 286 g/mol. The van der Waals surface area contributed by atoms with Crippen LogP contribution >= 0.6 is 15.9 Å². The van der Waals surface area contributed by atoms with Gasteiger partial charge in [-0.05, 0) is 22.4 Å². The molecule has 7 heteroatoms. The number of nitrogens with zero attached hydrogens (tertiary/aromatic N) is 4. The number of anilines is 1. The molecule has 2 heterocycles. The highest BCUT2D eigenvalue weighted by molar-refractivity contribution is 9.10. The van der Waals surface area contributed by atoms with E-state index >= 15 is 0 Å². The first kappa shape index (κ1) is 11.8. The number of halogens is 1. The molecule has 0 atom stereocenters. The topological polar surface area (TPSA) is 78.9 Å². The Kier molecular flexibility index (Phi) is 3.58. The number of hydrogen-bond donors (Lipinski definition) is 1. The zero-order valence-corrected chi connectivity index (χ0v) is 10.9. The van der Waals surface area contributed by atoms with Crippen molar-refractivity contribution in [3.8, 4) is 11.7 Å². The van der Waals surface area contributed by atoms with Gasteiger partial charge in [0, 0.05) is 12.3 Å². The Morgan fingerprint density at radius 1 is 1.47 bits per heavy atom. The van der Waals surface area contributed by atoms with Gasteiger partial charge in [-0.3, -0.25) is 0 Å². The van der Waals surface area contributed by atoms with Gasteiger partial charge in [0.05, 0.1) is 11.1 Å². The average molecular weight is 298 g/mol. The second-order valence-electron chi connectivity index (χ2n) is 3.37. The van der Waals surface area contributed by atoms with Crippen molar-refractivity contribution in [2.24, 2.45) is 0 Å². The molecule has 17 heavy (non-hydrogen) atoms. The van der Waals surface area contributed by atoms with Gasteiger partial charge < -0.3 is 10.5 Å². The summed E-state index contributed by atoms with van der Waals surface area (Å²) >= 11 is 3.29. The van der Waals surface area contributed by atoms with Gasteiger partial charge in [-0.1, -0.05) is 6.92 Å². The molecular formula is C10H12BrN5O. The van der Waals surface area contributed by atoms with Crippen molar-refractivity contribution in [3.63, 3.8) is 0 Å². The quantitative estimate of drug-likeness (QED) is 0.931. The minimum Gasteiger partial charge on any atom is -0.478 e. The number of aromatic nitrogens is 4. The summed E-state index contributed by atoms with van der Waals surface area (Å²) in [5.41, 5.74) is 5.64. The maximum atomic E-state index is 5.64. The molecule has 2 aromatic rings. The van der Waals surface area contributed by atoms with E-state index in [2.05, 4.69) is 31.0 Å². The molecule has 2 N–H and O–H groups in total. The van der Waals surface area contributed by atoms with Gasteiger partial charge in [0.1, 0.15) is 6.33 Å². The molecule has 2 rings (SSSR count). The first-order chi connectivity index (χ1) is 8.20. The Hall–Kier alpha value is -1.63. The van der Waals surface area contributed by atoms with E-state index in [0.717, 1.165) is 10.9 Å². The van der Waals surface area contributed by atoms with Crippen molar-refractivity contribution >= 4 is 21.7 Å². The minimum absolute atomic E-state index is 0.416. The van der Waals surface area contributed by atoms with Crippen LogP contribution in [0.2, 0.25) is 0 Å². The molecule has 0 unspecified atom stereocenters. The van der Waals surface area contributed by atoms with Gasteiger partial charge in [0.15, 0.2) is 11.6 Å². The van der Waals surface area contributed by atoms with Crippen molar-refractivity contribution in [2.45, 2.75) is 13.3 Å². The lowest BCUT2D eigenvalue weighted by molar-refractivity contribution is 0.304. The summed E-state index contributed by atoms with van der Waals surface area (Å²) in [6, 6.07) is 1.72. The van der Waals surface area contributed by atoms with Crippen LogP contribution in [0.4, 0.5) is 5.82 Å². The van der Waals surface area contributed by atoms with Crippen LogP contribution in [0.3, 0.4) is 0 Å². The highest BCUT2D eigenvalue weighted by atomic mass is 79.9. The predicted octanol–water partition coefficient (Wildman–Crippen LogP) is 1.80. The summed E-state index contributed by atoms with van der Waals surface area (Å²) in [7, 11) is 0. The fraction of sp³-hybridized carbons (Fsp3) is 0.300. The van der Waals surface area contributed by atoms with E-state index in [4.69, 9.17) is 10.5 Å². The summed E-state index contributed by atoms with van der Waals surface area (Å²) in [4.78, 5) is 8.12. The van der Waals surface area contributed by atoms with Crippen LogP contribution in [0.25, 0.3) is 5.82 Å². The standard InChI is InChI=1S/C10H12BrN5O/c1-2-3-17-9-4-8(13-6-14-9)16-5-7(11)10(12)15-16/h4-6H,2-3H2,1H3,(H2,12,15). The normalized spacial score (nSPS) is 10.5. The number of nitrogens with two attached hydrogens (primary N) is 1. The van der Waals surface area contributed by atoms with E-state index in [1.165, 1.54) is 6.33 Å². The van der Waals surface area contributed by atoms with Crippen LogP contribution in [0.1, 0.15) is 13.3 Å². The van der Waals surface area contributed by atoms with Gasteiger partial charge in [-0.15, -0.1) is 5.10 Å². The molecule has 2 aromatic heterocycles. The third kappa shape index (κ3) is 2.73. The smallest absolute Gasteiger partial charge is 0.218 e. The van der Waals surface area contributed by atoms with E-state index in [1.54, 1.807) is 16.9 Å². The molecule has 0 aromatic carbocycles. The van der Waals surface area contributed by atoms with Crippen LogP contribution in [-0.4, -0.2) is 26.4 Å². The predicted molar refractivity (Wildman–Crippen MR) is 67.1 cm³/mol. The summed E-state index contributed by atoms with van der Waals surface area (Å²) < 4.78 is 7.72. The summed E-state index contributed by atoms with van der Waals surface area (Å²) in [5, 5.41) is 4.10. The number of rotatable bonds is 4. The van der Waals surface area contributed by atoms with Gasteiger partial charge in [-0.2, -0.15) is 0 Å². The van der Waals surface area contributed by atoms with Crippen LogP contribution in [0.15, 0.2) is 23.1 Å². The van der Waals surface area contributed by atoms with E-state index < -0.39 is 0 Å². The zero-order chi connectivity index (χ0) is 12.3. The van der Waals surface area contributed by atoms with Crippen molar-refractivity contribution < 1.29 is 4.74 Å². The Labute approximate surface area is 107 Å². The lowest BCUT2D eigenvalue weighted by atomic mass is 10.5. The molecule has 90 valence electrons. The van der Waals surface area contributed by atoms with E-state index in [1.807, 2.05) is 6.92 Å². The molecule has 0 saturated carbocycles. The second kappa shape index (κ2) is 5.13. The third-order valence-corrected chi connectivity index (χ3v) is 2.62. The van der Waals surface area contributed by atoms with E-state index in [9.17, 15) is 0 Å². The molecule has 0 amide bonds. The molecule has 0 aliphatic carbocycles. The maximum Gasteiger partial charge on any atom is 0.218 e. The fourth-order valence-corrected chi connectivity index (χ4v) is 1.50. The average Bonchev–Trinajstić information content (AvgIpc) is 2.68. The van der Waals surface area contributed by atoms with Crippen LogP contribution in [0, 0.1) is 0 Å². The maximum absolute atomic E-state index is 5.64. The van der Waals surface area contributed by atoms with E-state index in [-0.39, 0.29) is 0 Å². The Balaban J connectivity index is 2.26. The van der Waals surface area contributed by atoms with Crippen molar-refractivity contribution in [1.82, 2.24) is 19.7 Å². The Morgan fingerprint density at radius 3 is 2.94 bits per heavy atom. The van der Waals surface area contributed by atoms with Gasteiger partial charge >= 0.3 is 0 Å².